The summed E-state index contributed by atoms with van der Waals surface area (Å²) in [6.45, 7) is 3.56. The summed E-state index contributed by atoms with van der Waals surface area (Å²) in [6.07, 6.45) is 2.45. The topological polar surface area (TPSA) is 101 Å². The van der Waals surface area contributed by atoms with Crippen LogP contribution in [0.25, 0.3) is 0 Å². The molecule has 2 N–H and O–H groups in total. The molecule has 0 bridgehead atoms. The van der Waals surface area contributed by atoms with Crippen LogP contribution < -0.4 is 5.32 Å². The van der Waals surface area contributed by atoms with E-state index in [9.17, 15) is 18.0 Å². The van der Waals surface area contributed by atoms with Crippen LogP contribution in [0, 0.1) is 0 Å². The van der Waals surface area contributed by atoms with E-state index in [2.05, 4.69) is 5.32 Å². The van der Waals surface area contributed by atoms with Crippen LogP contribution in [0.5, 0.6) is 0 Å². The SMILES string of the molecule is CCCCCS(=O)(=O)CC(=O)NC(CC)C(=O)O. The van der Waals surface area contributed by atoms with Crippen molar-refractivity contribution in [3.63, 3.8) is 0 Å². The van der Waals surface area contributed by atoms with Crippen molar-refractivity contribution in [2.45, 2.75) is 45.6 Å². The molecule has 0 radical (unpaired) electrons. The normalized spacial score (nSPS) is 13.0. The molecule has 1 atom stereocenters. The number of hydrogen-bond donors (Lipinski definition) is 2. The molecule has 7 heteroatoms. The van der Waals surface area contributed by atoms with Gasteiger partial charge in [-0.05, 0) is 12.8 Å². The number of sulfone groups is 1. The summed E-state index contributed by atoms with van der Waals surface area (Å²) in [5.41, 5.74) is 0. The lowest BCUT2D eigenvalue weighted by molar-refractivity contribution is -0.141. The molecule has 0 spiro atoms. The van der Waals surface area contributed by atoms with Gasteiger partial charge >= 0.3 is 5.97 Å². The molecule has 0 aliphatic heterocycles. The summed E-state index contributed by atoms with van der Waals surface area (Å²) in [5, 5.41) is 10.9. The first kappa shape index (κ1) is 16.9. The molecule has 1 amide bonds. The Morgan fingerprint density at radius 1 is 1.22 bits per heavy atom. The molecule has 0 heterocycles. The van der Waals surface area contributed by atoms with Crippen LogP contribution in [0.2, 0.25) is 0 Å². The van der Waals surface area contributed by atoms with Crippen LogP contribution in [0.15, 0.2) is 0 Å². The Labute approximate surface area is 108 Å². The second kappa shape index (κ2) is 8.07. The smallest absolute Gasteiger partial charge is 0.326 e. The first-order chi connectivity index (χ1) is 8.32. The summed E-state index contributed by atoms with van der Waals surface area (Å²) >= 11 is 0. The maximum atomic E-state index is 11.5. The fourth-order valence-electron chi connectivity index (χ4n) is 1.42. The fraction of sp³-hybridized carbons (Fsp3) is 0.818. The Hall–Kier alpha value is -1.11. The van der Waals surface area contributed by atoms with E-state index in [-0.39, 0.29) is 12.2 Å². The van der Waals surface area contributed by atoms with Gasteiger partial charge in [-0.3, -0.25) is 4.79 Å². The molecule has 0 aliphatic carbocycles. The van der Waals surface area contributed by atoms with Gasteiger partial charge in [-0.15, -0.1) is 0 Å². The highest BCUT2D eigenvalue weighted by atomic mass is 32.2. The van der Waals surface area contributed by atoms with Crippen molar-refractivity contribution in [2.24, 2.45) is 0 Å². The van der Waals surface area contributed by atoms with Crippen molar-refractivity contribution in [3.05, 3.63) is 0 Å². The summed E-state index contributed by atoms with van der Waals surface area (Å²) in [5.74, 6) is -2.58. The van der Waals surface area contributed by atoms with Gasteiger partial charge in [-0.2, -0.15) is 0 Å². The lowest BCUT2D eigenvalue weighted by Crippen LogP contribution is -2.43. The summed E-state index contributed by atoms with van der Waals surface area (Å²) < 4.78 is 23.1. The monoisotopic (exact) mass is 279 g/mol. The molecule has 0 saturated carbocycles. The molecule has 106 valence electrons. The van der Waals surface area contributed by atoms with Crippen molar-refractivity contribution in [3.8, 4) is 0 Å². The van der Waals surface area contributed by atoms with E-state index in [1.54, 1.807) is 6.92 Å². The number of amides is 1. The Morgan fingerprint density at radius 2 is 1.83 bits per heavy atom. The summed E-state index contributed by atoms with van der Waals surface area (Å²) in [7, 11) is -3.44. The third-order valence-electron chi connectivity index (χ3n) is 2.45. The van der Waals surface area contributed by atoms with E-state index in [0.717, 1.165) is 12.8 Å². The zero-order valence-electron chi connectivity index (χ0n) is 10.8. The molecule has 0 fully saturated rings. The first-order valence-electron chi connectivity index (χ1n) is 6.05. The van der Waals surface area contributed by atoms with Crippen molar-refractivity contribution < 1.29 is 23.1 Å². The van der Waals surface area contributed by atoms with E-state index in [1.807, 2.05) is 6.92 Å². The highest BCUT2D eigenvalue weighted by Gasteiger charge is 2.21. The van der Waals surface area contributed by atoms with E-state index < -0.39 is 33.5 Å². The second-order valence-corrected chi connectivity index (χ2v) is 6.35. The molecule has 0 aromatic carbocycles. The predicted octanol–water partition coefficient (Wildman–Crippen LogP) is 0.571. The van der Waals surface area contributed by atoms with Crippen LogP contribution in [0.4, 0.5) is 0 Å². The molecular formula is C11H21NO5S. The maximum absolute atomic E-state index is 11.5. The van der Waals surface area contributed by atoms with Gasteiger partial charge in [-0.1, -0.05) is 26.7 Å². The largest absolute Gasteiger partial charge is 0.480 e. The quantitative estimate of drug-likeness (QED) is 0.601. The Bertz CT molecular complexity index is 377. The molecule has 0 aromatic heterocycles. The van der Waals surface area contributed by atoms with Crippen LogP contribution >= 0.6 is 0 Å². The number of unbranched alkanes of at least 4 members (excludes halogenated alkanes) is 2. The average molecular weight is 279 g/mol. The van der Waals surface area contributed by atoms with Crippen molar-refractivity contribution >= 4 is 21.7 Å². The van der Waals surface area contributed by atoms with Crippen LogP contribution in [0.3, 0.4) is 0 Å². The minimum atomic E-state index is -3.44. The average Bonchev–Trinajstić information content (AvgIpc) is 2.24. The van der Waals surface area contributed by atoms with Crippen LogP contribution in [-0.2, 0) is 19.4 Å². The number of aliphatic carboxylic acids is 1. The molecule has 6 nitrogen and oxygen atoms in total. The summed E-state index contributed by atoms with van der Waals surface area (Å²) in [6, 6.07) is -1.02. The number of carboxylic acid groups (broad SMARTS) is 1. The van der Waals surface area contributed by atoms with Gasteiger partial charge in [-0.25, -0.2) is 13.2 Å². The van der Waals surface area contributed by atoms with Gasteiger partial charge in [0, 0.05) is 0 Å². The van der Waals surface area contributed by atoms with Crippen molar-refractivity contribution in [1.29, 1.82) is 0 Å². The molecule has 1 unspecified atom stereocenters. The van der Waals surface area contributed by atoms with Gasteiger partial charge in [0.2, 0.25) is 5.91 Å². The van der Waals surface area contributed by atoms with Crippen LogP contribution in [-0.4, -0.2) is 42.9 Å². The molecule has 18 heavy (non-hydrogen) atoms. The lowest BCUT2D eigenvalue weighted by Gasteiger charge is -2.12. The minimum absolute atomic E-state index is 0.0296. The molecular weight excluding hydrogens is 258 g/mol. The Kier molecular flexibility index (Phi) is 7.58. The zero-order chi connectivity index (χ0) is 14.2. The number of carbonyl (C=O) groups is 2. The third-order valence-corrected chi connectivity index (χ3v) is 4.06. The Morgan fingerprint density at radius 3 is 2.28 bits per heavy atom. The third kappa shape index (κ3) is 7.26. The number of carbonyl (C=O) groups excluding carboxylic acids is 1. The zero-order valence-corrected chi connectivity index (χ0v) is 11.6. The lowest BCUT2D eigenvalue weighted by atomic mass is 10.2. The maximum Gasteiger partial charge on any atom is 0.326 e. The van der Waals surface area contributed by atoms with Crippen LogP contribution in [0.1, 0.15) is 39.5 Å². The van der Waals surface area contributed by atoms with E-state index in [0.29, 0.717) is 6.42 Å². The van der Waals surface area contributed by atoms with Gasteiger partial charge < -0.3 is 10.4 Å². The van der Waals surface area contributed by atoms with Gasteiger partial charge in [0.25, 0.3) is 0 Å². The first-order valence-corrected chi connectivity index (χ1v) is 7.87. The fourth-order valence-corrected chi connectivity index (χ4v) is 2.69. The molecule has 0 saturated heterocycles. The van der Waals surface area contributed by atoms with Gasteiger partial charge in [0.05, 0.1) is 5.75 Å². The Balaban J connectivity index is 4.25. The number of nitrogens with one attached hydrogen (secondary N) is 1. The highest BCUT2D eigenvalue weighted by molar-refractivity contribution is 7.92. The van der Waals surface area contributed by atoms with Crippen molar-refractivity contribution in [2.75, 3.05) is 11.5 Å². The van der Waals surface area contributed by atoms with Gasteiger partial charge in [0.1, 0.15) is 11.8 Å². The molecule has 0 aromatic rings. The molecule has 0 rings (SSSR count). The summed E-state index contributed by atoms with van der Waals surface area (Å²) in [4.78, 5) is 22.1. The van der Waals surface area contributed by atoms with E-state index in [4.69, 9.17) is 5.11 Å². The predicted molar refractivity (Wildman–Crippen MR) is 68.0 cm³/mol. The second-order valence-electron chi connectivity index (χ2n) is 4.17. The van der Waals surface area contributed by atoms with Crippen molar-refractivity contribution in [1.82, 2.24) is 5.32 Å². The van der Waals surface area contributed by atoms with Gasteiger partial charge in [0.15, 0.2) is 9.84 Å². The highest BCUT2D eigenvalue weighted by Crippen LogP contribution is 2.01. The number of rotatable bonds is 9. The van der Waals surface area contributed by atoms with E-state index in [1.165, 1.54) is 0 Å². The minimum Gasteiger partial charge on any atom is -0.480 e. The number of hydrogen-bond acceptors (Lipinski definition) is 4. The standard InChI is InChI=1S/C11H21NO5S/c1-3-5-6-7-18(16,17)8-10(13)12-9(4-2)11(14)15/h9H,3-8H2,1-2H3,(H,12,13)(H,14,15). The molecule has 0 aliphatic rings. The number of carboxylic acids is 1. The van der Waals surface area contributed by atoms with E-state index >= 15 is 0 Å².